The van der Waals surface area contributed by atoms with Gasteiger partial charge in [0, 0.05) is 30.4 Å². The summed E-state index contributed by atoms with van der Waals surface area (Å²) in [5.41, 5.74) is 7.60. The molecule has 4 rings (SSSR count). The average Bonchev–Trinajstić information content (AvgIpc) is 3.15. The lowest BCUT2D eigenvalue weighted by molar-refractivity contribution is -0.140. The van der Waals surface area contributed by atoms with Crippen LogP contribution in [0.4, 0.5) is 15.6 Å². The number of nitrogen functional groups attached to an aromatic ring is 1. The molecule has 0 aliphatic carbocycles. The second kappa shape index (κ2) is 9.07. The zero-order valence-corrected chi connectivity index (χ0v) is 18.6. The summed E-state index contributed by atoms with van der Waals surface area (Å²) < 4.78 is 0. The van der Waals surface area contributed by atoms with Crippen molar-refractivity contribution in [2.24, 2.45) is 0 Å². The number of hydrogen-bond donors (Lipinski definition) is 2. The Labute approximate surface area is 189 Å². The smallest absolute Gasteiger partial charge is 0.323 e. The normalized spacial score (nSPS) is 16.7. The maximum Gasteiger partial charge on any atom is 0.323 e. The summed E-state index contributed by atoms with van der Waals surface area (Å²) in [6, 6.07) is 6.67. The van der Waals surface area contributed by atoms with Crippen LogP contribution in [0.2, 0.25) is 5.02 Å². The molecule has 0 spiro atoms. The molecule has 2 aromatic heterocycles. The molecule has 1 aromatic carbocycles. The van der Waals surface area contributed by atoms with E-state index in [-0.39, 0.29) is 11.9 Å². The molecule has 3 amide bonds. The van der Waals surface area contributed by atoms with Crippen molar-refractivity contribution < 1.29 is 9.59 Å². The number of urea groups is 1. The maximum atomic E-state index is 13.2. The molecule has 3 aromatic rings. The van der Waals surface area contributed by atoms with Crippen LogP contribution in [-0.4, -0.2) is 50.8 Å². The van der Waals surface area contributed by atoms with Gasteiger partial charge in [-0.05, 0) is 30.2 Å². The molecular weight excluding hydrogens is 436 g/mol. The fourth-order valence-corrected chi connectivity index (χ4v) is 4.75. The molecule has 1 atom stereocenters. The van der Waals surface area contributed by atoms with Gasteiger partial charge < -0.3 is 15.5 Å². The summed E-state index contributed by atoms with van der Waals surface area (Å²) in [5, 5.41) is 6.64. The number of anilines is 2. The lowest BCUT2D eigenvalue weighted by Gasteiger charge is -2.40. The van der Waals surface area contributed by atoms with Crippen molar-refractivity contribution in [3.05, 3.63) is 46.6 Å². The van der Waals surface area contributed by atoms with Crippen LogP contribution in [0.25, 0.3) is 10.9 Å². The summed E-state index contributed by atoms with van der Waals surface area (Å²) >= 11 is 7.30. The van der Waals surface area contributed by atoms with Crippen LogP contribution >= 0.6 is 22.9 Å². The Hall–Kier alpha value is -2.91. The lowest BCUT2D eigenvalue weighted by atomic mass is 10.0. The Morgan fingerprint density at radius 3 is 2.90 bits per heavy atom. The Kier molecular flexibility index (Phi) is 6.24. The van der Waals surface area contributed by atoms with Crippen LogP contribution in [0, 0.1) is 0 Å². The molecule has 1 fully saturated rings. The molecule has 8 nitrogen and oxygen atoms in total. The van der Waals surface area contributed by atoms with Crippen molar-refractivity contribution in [1.29, 1.82) is 0 Å². The number of fused-ring (bicyclic) bond motifs is 1. The van der Waals surface area contributed by atoms with E-state index in [1.807, 2.05) is 25.1 Å². The van der Waals surface area contributed by atoms with Gasteiger partial charge in [-0.3, -0.25) is 10.1 Å². The third-order valence-corrected chi connectivity index (χ3v) is 6.50. The van der Waals surface area contributed by atoms with Crippen molar-refractivity contribution >= 4 is 56.6 Å². The second-order valence-electron chi connectivity index (χ2n) is 7.43. The highest BCUT2D eigenvalue weighted by atomic mass is 35.5. The first-order chi connectivity index (χ1) is 15.0. The highest BCUT2D eigenvalue weighted by Crippen LogP contribution is 2.26. The molecule has 162 valence electrons. The summed E-state index contributed by atoms with van der Waals surface area (Å²) in [6.07, 6.45) is 2.84. The molecule has 10 heteroatoms. The Morgan fingerprint density at radius 2 is 2.16 bits per heavy atom. The van der Waals surface area contributed by atoms with Crippen molar-refractivity contribution in [3.63, 3.8) is 0 Å². The summed E-state index contributed by atoms with van der Waals surface area (Å²) in [5.74, 6) is 0.386. The fraction of sp³-hybridized carbons (Fsp3) is 0.333. The van der Waals surface area contributed by atoms with E-state index >= 15 is 0 Å². The molecule has 1 aliphatic heterocycles. The van der Waals surface area contributed by atoms with Crippen LogP contribution in [0.15, 0.2) is 36.0 Å². The number of thiophene rings is 1. The van der Waals surface area contributed by atoms with Crippen LogP contribution in [0.3, 0.4) is 0 Å². The van der Waals surface area contributed by atoms with E-state index in [0.29, 0.717) is 41.9 Å². The number of nitrogens with one attached hydrogen (secondary N) is 1. The van der Waals surface area contributed by atoms with E-state index < -0.39 is 6.04 Å². The molecule has 1 saturated heterocycles. The van der Waals surface area contributed by atoms with Crippen LogP contribution in [-0.2, 0) is 11.3 Å². The number of rotatable bonds is 5. The predicted octanol–water partition coefficient (Wildman–Crippen LogP) is 3.97. The lowest BCUT2D eigenvalue weighted by Crippen LogP contribution is -2.59. The molecule has 0 unspecified atom stereocenters. The summed E-state index contributed by atoms with van der Waals surface area (Å²) in [4.78, 5) is 37.8. The number of piperazine rings is 1. The highest BCUT2D eigenvalue weighted by molar-refractivity contribution is 7.14. The largest absolute Gasteiger partial charge is 0.383 e. The Bertz CT molecular complexity index is 1120. The van der Waals surface area contributed by atoms with E-state index in [9.17, 15) is 9.59 Å². The fourth-order valence-electron chi connectivity index (χ4n) is 3.79. The monoisotopic (exact) mass is 458 g/mol. The first kappa shape index (κ1) is 21.3. The minimum Gasteiger partial charge on any atom is -0.383 e. The second-order valence-corrected chi connectivity index (χ2v) is 8.78. The van der Waals surface area contributed by atoms with Crippen LogP contribution in [0.5, 0.6) is 0 Å². The van der Waals surface area contributed by atoms with E-state index in [1.165, 1.54) is 17.7 Å². The quantitative estimate of drug-likeness (QED) is 0.601. The van der Waals surface area contributed by atoms with Gasteiger partial charge in [0.25, 0.3) is 0 Å². The number of hydrogen-bond acceptors (Lipinski definition) is 6. The number of amides is 3. The molecule has 0 bridgehead atoms. The van der Waals surface area contributed by atoms with Crippen molar-refractivity contribution in [3.8, 4) is 0 Å². The number of halogens is 1. The van der Waals surface area contributed by atoms with Gasteiger partial charge in [0.15, 0.2) is 0 Å². The van der Waals surface area contributed by atoms with Crippen molar-refractivity contribution in [2.75, 3.05) is 24.1 Å². The first-order valence-electron chi connectivity index (χ1n) is 10.1. The van der Waals surface area contributed by atoms with E-state index in [1.54, 1.807) is 21.2 Å². The topological polar surface area (TPSA) is 104 Å². The third-order valence-electron chi connectivity index (χ3n) is 5.31. The van der Waals surface area contributed by atoms with Gasteiger partial charge in [0.05, 0.1) is 15.5 Å². The zero-order chi connectivity index (χ0) is 22.0. The minimum atomic E-state index is -0.493. The minimum absolute atomic E-state index is 0.0465. The van der Waals surface area contributed by atoms with Gasteiger partial charge in [0.1, 0.15) is 18.2 Å². The molecule has 1 aliphatic rings. The van der Waals surface area contributed by atoms with Gasteiger partial charge in [-0.25, -0.2) is 14.8 Å². The molecule has 31 heavy (non-hydrogen) atoms. The highest BCUT2D eigenvalue weighted by Gasteiger charge is 2.37. The standard InChI is InChI=1S/C21H23ClN6O2S/c1-2-3-17-20(29)27(6-7-28(17)21(30)26-18-9-14(22)11-31-18)10-13-4-5-15-16(8-13)24-12-25-19(15)23/h4-5,8-9,11-12,17H,2-3,6-7,10H2,1H3,(H,26,30)(H2,23,24,25)/t17-/m0/s1. The van der Waals surface area contributed by atoms with Gasteiger partial charge in [-0.15, -0.1) is 11.3 Å². The number of nitrogens with two attached hydrogens (primary N) is 1. The number of aromatic nitrogens is 2. The SMILES string of the molecule is CCC[C@H]1C(=O)N(Cc2ccc3c(N)ncnc3c2)CCN1C(=O)Nc1cc(Cl)cs1. The van der Waals surface area contributed by atoms with Crippen molar-refractivity contribution in [2.45, 2.75) is 32.4 Å². The average molecular weight is 459 g/mol. The van der Waals surface area contributed by atoms with Gasteiger partial charge in [0.2, 0.25) is 5.91 Å². The maximum absolute atomic E-state index is 13.2. The number of benzene rings is 1. The zero-order valence-electron chi connectivity index (χ0n) is 17.0. The molecule has 0 radical (unpaired) electrons. The van der Waals surface area contributed by atoms with Crippen LogP contribution < -0.4 is 11.1 Å². The Morgan fingerprint density at radius 1 is 1.32 bits per heavy atom. The van der Waals surface area contributed by atoms with Gasteiger partial charge in [-0.1, -0.05) is 31.0 Å². The number of carbonyl (C=O) groups is 2. The van der Waals surface area contributed by atoms with Gasteiger partial charge >= 0.3 is 6.03 Å². The first-order valence-corrected chi connectivity index (χ1v) is 11.3. The van der Waals surface area contributed by atoms with Crippen molar-refractivity contribution in [1.82, 2.24) is 19.8 Å². The summed E-state index contributed by atoms with van der Waals surface area (Å²) in [6.45, 7) is 3.38. The van der Waals surface area contributed by atoms with E-state index in [2.05, 4.69) is 15.3 Å². The van der Waals surface area contributed by atoms with E-state index in [4.69, 9.17) is 17.3 Å². The predicted molar refractivity (Wildman–Crippen MR) is 123 cm³/mol. The number of nitrogens with zero attached hydrogens (tertiary/aromatic N) is 4. The molecule has 3 N–H and O–H groups in total. The van der Waals surface area contributed by atoms with Crippen LogP contribution in [0.1, 0.15) is 25.3 Å². The summed E-state index contributed by atoms with van der Waals surface area (Å²) in [7, 11) is 0. The third kappa shape index (κ3) is 4.57. The Balaban J connectivity index is 1.49. The van der Waals surface area contributed by atoms with E-state index in [0.717, 1.165) is 22.9 Å². The molecular formula is C21H23ClN6O2S. The molecule has 3 heterocycles. The number of carbonyl (C=O) groups excluding carboxylic acids is 2. The van der Waals surface area contributed by atoms with Gasteiger partial charge in [-0.2, -0.15) is 0 Å². The molecule has 0 saturated carbocycles.